The molecule has 0 radical (unpaired) electrons. The fourth-order valence-corrected chi connectivity index (χ4v) is 8.07. The van der Waals surface area contributed by atoms with Crippen LogP contribution in [0.1, 0.15) is 170 Å². The molecule has 2 aromatic carbocycles. The molecule has 0 heterocycles. The lowest BCUT2D eigenvalue weighted by Gasteiger charge is -2.19. The van der Waals surface area contributed by atoms with Gasteiger partial charge in [-0.1, -0.05) is 50.6 Å². The Labute approximate surface area is 728 Å². The van der Waals surface area contributed by atoms with Crippen molar-refractivity contribution in [2.75, 3.05) is 145 Å². The average Bonchev–Trinajstić information content (AvgIpc) is 0.851. The lowest BCUT2D eigenvalue weighted by Crippen LogP contribution is -2.37. The standard InChI is InChI=1S/C13H16O3.C11H18O5.C10H17NO5.C10H10O4.C10H14O4.C9H12O6.C9H14O3.C7H10O4.C7H12O4/c1-4-15-10(3)11-7-6-8-12(9-11)13(14)16-5-2;1-4-15-10(13)7-9(6-8(3)12)11(14)16-5-2;1-8(14-2)5-11(6-9(12)15-3)7-10(13)16-4;1-13-9(11)7-5-3-4-6-8(7)10(12)14-2;1-4-14-10(13)6-9(8(3)12)5-7(2)11;1-13-7(10)4-6(9(12)15-3)5-8(11)14-2;1-4-12-8(3)6-9(11)5-7(2)10;1-5(7(9)11-3)4-6(8)10-2;1-10-6(8)4-3-5-7(9)11-2/h6-9H,3-5H2,1-2H3;9H,4-7H2,1-3H3;1,5-7H2,2-4H3;3-6H,1-2H3;6H,4-5H2,1-3H3;4H,5H2,1-3H3;3-6H2,1-2H3;1,4H2,2-3H3;3-5H2,1-2H3/b;;;;9-6+;6-4-;;;. The summed E-state index contributed by atoms with van der Waals surface area (Å²) in [6.07, 6.45) is 2.55. The fourth-order valence-electron chi connectivity index (χ4n) is 8.07. The van der Waals surface area contributed by atoms with Gasteiger partial charge in [0.1, 0.15) is 34.7 Å². The molecule has 0 amide bonds. The van der Waals surface area contributed by atoms with Gasteiger partial charge in [0.25, 0.3) is 0 Å². The highest BCUT2D eigenvalue weighted by Crippen LogP contribution is 2.18. The lowest BCUT2D eigenvalue weighted by molar-refractivity contribution is -0.155. The molecule has 2 aromatic rings. The Morgan fingerprint density at radius 3 is 1.18 bits per heavy atom. The number of esters is 15. The summed E-state index contributed by atoms with van der Waals surface area (Å²) in [5, 5.41) is 0. The van der Waals surface area contributed by atoms with Crippen molar-refractivity contribution in [2.45, 2.75) is 133 Å². The third-order valence-corrected chi connectivity index (χ3v) is 13.9. The van der Waals surface area contributed by atoms with Crippen LogP contribution < -0.4 is 0 Å². The maximum atomic E-state index is 11.5. The third-order valence-electron chi connectivity index (χ3n) is 13.9. The quantitative estimate of drug-likeness (QED) is 0.0199. The van der Waals surface area contributed by atoms with Gasteiger partial charge in [0, 0.05) is 54.5 Å². The number of Topliss-reactive ketones (excluding diaryl/α,β-unsaturated/α-hetero) is 5. The minimum Gasteiger partial charge on any atom is -0.500 e. The van der Waals surface area contributed by atoms with Gasteiger partial charge in [-0.15, -0.1) is 0 Å². The van der Waals surface area contributed by atoms with Crippen LogP contribution in [-0.4, -0.2) is 268 Å². The molecule has 0 bridgehead atoms. The SMILES string of the molecule is C=C(CC(=O)CC(C)=O)OCC.C=C(CC(=O)OC)C(=O)OC.C=C(CN(CC(=O)OC)CC(=O)OC)OC.C=C(OCC)c1cccc(C(=O)OCC)c1.CCOC(=O)/C=C(\CC(C)=O)C(C)=O.CCOC(=O)CC(CC(C)=O)C(=O)OCC.COC(=O)/C=C(/CC(=O)OC)C(=O)OC.COC(=O)CCCC(=O)OC.COC(=O)c1ccccc1C(=O)OC. The molecule has 1 atom stereocenters. The first-order valence-corrected chi connectivity index (χ1v) is 37.7. The third kappa shape index (κ3) is 71.0. The first kappa shape index (κ1) is 125. The van der Waals surface area contributed by atoms with Crippen molar-refractivity contribution < 1.29 is 181 Å². The van der Waals surface area contributed by atoms with Crippen LogP contribution in [0.4, 0.5) is 0 Å². The number of ether oxygens (including phenoxy) is 18. The molecule has 2 rings (SSSR count). The van der Waals surface area contributed by atoms with Crippen LogP contribution in [0.15, 0.2) is 115 Å². The zero-order valence-corrected chi connectivity index (χ0v) is 75.6. The van der Waals surface area contributed by atoms with Gasteiger partial charge in [0.15, 0.2) is 5.78 Å². The van der Waals surface area contributed by atoms with Gasteiger partial charge in [-0.05, 0) is 99.9 Å². The van der Waals surface area contributed by atoms with Crippen molar-refractivity contribution >= 4 is 124 Å². The van der Waals surface area contributed by atoms with E-state index in [1.54, 1.807) is 58.0 Å². The van der Waals surface area contributed by atoms with E-state index in [9.17, 15) is 95.9 Å². The van der Waals surface area contributed by atoms with Gasteiger partial charge in [0.2, 0.25) is 0 Å². The number of benzene rings is 2. The summed E-state index contributed by atoms with van der Waals surface area (Å²) in [6, 6.07) is 13.4. The molecular formula is C86H123NO38. The Kier molecular flexibility index (Phi) is 79.0. The molecule has 0 saturated heterocycles. The van der Waals surface area contributed by atoms with E-state index in [4.69, 9.17) is 28.4 Å². The Hall–Kier alpha value is -13.4. The summed E-state index contributed by atoms with van der Waals surface area (Å²) in [4.78, 5) is 220. The van der Waals surface area contributed by atoms with Gasteiger partial charge >= 0.3 is 89.5 Å². The summed E-state index contributed by atoms with van der Waals surface area (Å²) in [5.74, 6) is -7.85. The Morgan fingerprint density at radius 2 is 0.792 bits per heavy atom. The number of hydrogen-bond donors (Lipinski definition) is 0. The van der Waals surface area contributed by atoms with Gasteiger partial charge < -0.3 is 90.1 Å². The summed E-state index contributed by atoms with van der Waals surface area (Å²) in [7, 11) is 15.1. The van der Waals surface area contributed by atoms with E-state index in [0.717, 1.165) is 31.9 Å². The van der Waals surface area contributed by atoms with Crippen molar-refractivity contribution in [3.8, 4) is 0 Å². The molecule has 1 unspecified atom stereocenters. The molecule has 0 fully saturated rings. The van der Waals surface area contributed by atoms with Crippen molar-refractivity contribution in [2.24, 2.45) is 5.92 Å². The smallest absolute Gasteiger partial charge is 0.338 e. The second-order valence-corrected chi connectivity index (χ2v) is 23.8. The molecule has 39 heteroatoms. The normalized spacial score (nSPS) is 9.91. The molecule has 0 aliphatic heterocycles. The molecule has 0 aromatic heterocycles. The van der Waals surface area contributed by atoms with Crippen LogP contribution in [0.5, 0.6) is 0 Å². The van der Waals surface area contributed by atoms with Crippen LogP contribution in [-0.2, 0) is 167 Å². The second-order valence-electron chi connectivity index (χ2n) is 23.8. The van der Waals surface area contributed by atoms with Gasteiger partial charge in [-0.25, -0.2) is 33.6 Å². The molecular weight excluding hydrogens is 1650 g/mol. The minimum atomic E-state index is -0.772. The highest BCUT2D eigenvalue weighted by Gasteiger charge is 2.26. The number of rotatable bonds is 43. The molecule has 0 aliphatic rings. The predicted molar refractivity (Wildman–Crippen MR) is 446 cm³/mol. The zero-order chi connectivity index (χ0) is 97.7. The Morgan fingerprint density at radius 1 is 0.352 bits per heavy atom. The molecule has 700 valence electrons. The number of hydrogen-bond acceptors (Lipinski definition) is 39. The minimum absolute atomic E-state index is 0.0116. The number of allylic oxidation sites excluding steroid dienone is 2. The van der Waals surface area contributed by atoms with Crippen molar-refractivity contribution in [3.05, 3.63) is 137 Å². The van der Waals surface area contributed by atoms with Crippen LogP contribution in [0.2, 0.25) is 0 Å². The Bertz CT molecular complexity index is 3770. The Balaban J connectivity index is -0.000000251. The van der Waals surface area contributed by atoms with Crippen LogP contribution in [0.25, 0.3) is 5.76 Å². The van der Waals surface area contributed by atoms with Gasteiger partial charge in [-0.3, -0.25) is 62.4 Å². The molecule has 0 N–H and O–H groups in total. The van der Waals surface area contributed by atoms with Crippen molar-refractivity contribution in [1.29, 1.82) is 0 Å². The summed E-state index contributed by atoms with van der Waals surface area (Å²) in [5.41, 5.74) is 1.91. The number of carbonyl (C=O) groups excluding carboxylic acids is 20. The van der Waals surface area contributed by atoms with Gasteiger partial charge in [0.05, 0.1) is 211 Å². The van der Waals surface area contributed by atoms with Gasteiger partial charge in [-0.2, -0.15) is 0 Å². The van der Waals surface area contributed by atoms with Crippen molar-refractivity contribution in [3.63, 3.8) is 0 Å². The summed E-state index contributed by atoms with van der Waals surface area (Å²) in [6.45, 7) is 32.6. The summed E-state index contributed by atoms with van der Waals surface area (Å²) >= 11 is 0. The molecule has 0 aliphatic carbocycles. The molecule has 0 saturated carbocycles. The highest BCUT2D eigenvalue weighted by atomic mass is 16.6. The van der Waals surface area contributed by atoms with Crippen LogP contribution in [0.3, 0.4) is 0 Å². The zero-order valence-electron chi connectivity index (χ0n) is 75.6. The van der Waals surface area contributed by atoms with Crippen molar-refractivity contribution in [1.82, 2.24) is 4.90 Å². The number of ketones is 5. The van der Waals surface area contributed by atoms with Crippen LogP contribution in [0, 0.1) is 5.92 Å². The average molecular weight is 1780 g/mol. The number of carbonyl (C=O) groups is 20. The largest absolute Gasteiger partial charge is 0.500 e. The van der Waals surface area contributed by atoms with E-state index in [0.29, 0.717) is 49.1 Å². The first-order chi connectivity index (χ1) is 58.8. The van der Waals surface area contributed by atoms with E-state index < -0.39 is 77.5 Å². The number of methoxy groups -OCH3 is 12. The second kappa shape index (κ2) is 79.1. The highest BCUT2D eigenvalue weighted by molar-refractivity contribution is 6.04. The lowest BCUT2D eigenvalue weighted by atomic mass is 9.99. The predicted octanol–water partition coefficient (Wildman–Crippen LogP) is 8.15. The molecule has 39 nitrogen and oxygen atoms in total. The number of nitrogens with zero attached hydrogens (tertiary/aromatic N) is 1. The fraction of sp³-hybridized carbons (Fsp3) is 0.488. The van der Waals surface area contributed by atoms with E-state index in [1.165, 1.54) is 116 Å². The van der Waals surface area contributed by atoms with E-state index in [1.807, 2.05) is 19.9 Å². The topological polar surface area (TPSA) is 511 Å². The first-order valence-electron chi connectivity index (χ1n) is 37.7. The van der Waals surface area contributed by atoms with Crippen LogP contribution >= 0.6 is 0 Å². The molecule has 0 spiro atoms. The molecule has 125 heavy (non-hydrogen) atoms. The monoisotopic (exact) mass is 1780 g/mol. The van der Waals surface area contributed by atoms with E-state index in [-0.39, 0.29) is 172 Å². The maximum Gasteiger partial charge on any atom is 0.338 e. The summed E-state index contributed by atoms with van der Waals surface area (Å²) < 4.78 is 82.6. The van der Waals surface area contributed by atoms with E-state index in [2.05, 4.69) is 83.2 Å². The van der Waals surface area contributed by atoms with E-state index >= 15 is 0 Å². The maximum absolute atomic E-state index is 11.5.